The average Bonchev–Trinajstić information content (AvgIpc) is 3.16. The fourth-order valence-corrected chi connectivity index (χ4v) is 3.80. The highest BCUT2D eigenvalue weighted by atomic mass is 16.5. The lowest BCUT2D eigenvalue weighted by Gasteiger charge is -2.33. The van der Waals surface area contributed by atoms with Crippen LogP contribution in [0.4, 0.5) is 0 Å². The van der Waals surface area contributed by atoms with Gasteiger partial charge in [0.25, 0.3) is 0 Å². The van der Waals surface area contributed by atoms with E-state index in [0.717, 1.165) is 50.2 Å². The lowest BCUT2D eigenvalue weighted by atomic mass is 9.88. The average molecular weight is 370 g/mol. The molecule has 2 heterocycles. The molecule has 1 saturated heterocycles. The van der Waals surface area contributed by atoms with Crippen LogP contribution in [-0.2, 0) is 12.8 Å². The smallest absolute Gasteiger partial charge is 0.243 e. The summed E-state index contributed by atoms with van der Waals surface area (Å²) in [6, 6.07) is 8.31. The number of ketones is 1. The van der Waals surface area contributed by atoms with E-state index in [1.54, 1.807) is 0 Å². The summed E-state index contributed by atoms with van der Waals surface area (Å²) in [6.45, 7) is 10.3. The molecule has 1 aromatic heterocycles. The molecule has 1 aliphatic heterocycles. The summed E-state index contributed by atoms with van der Waals surface area (Å²) < 4.78 is 5.38. The number of rotatable bonds is 7. The van der Waals surface area contributed by atoms with E-state index in [1.165, 1.54) is 5.56 Å². The normalized spacial score (nSPS) is 17.4. The van der Waals surface area contributed by atoms with Gasteiger partial charge in [0.2, 0.25) is 5.89 Å². The van der Waals surface area contributed by atoms with Crippen LogP contribution in [0.3, 0.4) is 0 Å². The van der Waals surface area contributed by atoms with Gasteiger partial charge in [-0.1, -0.05) is 50.2 Å². The Morgan fingerprint density at radius 3 is 2.41 bits per heavy atom. The van der Waals surface area contributed by atoms with Gasteiger partial charge in [0.05, 0.1) is 6.04 Å². The van der Waals surface area contributed by atoms with Crippen molar-refractivity contribution in [1.29, 1.82) is 0 Å². The predicted molar refractivity (Wildman–Crippen MR) is 106 cm³/mol. The van der Waals surface area contributed by atoms with Crippen LogP contribution in [0.1, 0.15) is 74.2 Å². The second kappa shape index (κ2) is 8.79. The van der Waals surface area contributed by atoms with E-state index in [4.69, 9.17) is 4.52 Å². The van der Waals surface area contributed by atoms with Gasteiger partial charge >= 0.3 is 0 Å². The third kappa shape index (κ3) is 4.83. The molecule has 5 heteroatoms. The maximum absolute atomic E-state index is 12.9. The van der Waals surface area contributed by atoms with E-state index >= 15 is 0 Å². The van der Waals surface area contributed by atoms with Crippen molar-refractivity contribution in [2.24, 2.45) is 11.8 Å². The molecule has 27 heavy (non-hydrogen) atoms. The SMILES string of the molecule is CCc1noc(C(C)N2CCC(C(=O)c3ccc(CC(C)C)cc3)CC2)n1. The Morgan fingerprint density at radius 2 is 1.85 bits per heavy atom. The van der Waals surface area contributed by atoms with Crippen LogP contribution in [0.2, 0.25) is 0 Å². The Bertz CT molecular complexity index is 743. The number of aromatic nitrogens is 2. The number of Topliss-reactive ketones (excluding diaryl/α,β-unsaturated/α-hetero) is 1. The number of piperidine rings is 1. The maximum atomic E-state index is 12.9. The van der Waals surface area contributed by atoms with Crippen LogP contribution in [-0.4, -0.2) is 33.9 Å². The first-order valence-corrected chi connectivity index (χ1v) is 10.2. The molecule has 1 unspecified atom stereocenters. The van der Waals surface area contributed by atoms with Crippen LogP contribution < -0.4 is 0 Å². The Kier molecular flexibility index (Phi) is 6.42. The molecule has 0 bridgehead atoms. The highest BCUT2D eigenvalue weighted by Crippen LogP contribution is 2.28. The Labute approximate surface area is 162 Å². The van der Waals surface area contributed by atoms with Crippen molar-refractivity contribution in [3.05, 3.63) is 47.1 Å². The van der Waals surface area contributed by atoms with E-state index < -0.39 is 0 Å². The topological polar surface area (TPSA) is 59.2 Å². The minimum Gasteiger partial charge on any atom is -0.338 e. The lowest BCUT2D eigenvalue weighted by molar-refractivity contribution is 0.0774. The van der Waals surface area contributed by atoms with Gasteiger partial charge in [-0.15, -0.1) is 0 Å². The first kappa shape index (κ1) is 19.7. The fraction of sp³-hybridized carbons (Fsp3) is 0.591. The number of carbonyl (C=O) groups is 1. The van der Waals surface area contributed by atoms with E-state index in [-0.39, 0.29) is 17.7 Å². The minimum absolute atomic E-state index is 0.101. The molecule has 1 fully saturated rings. The summed E-state index contributed by atoms with van der Waals surface area (Å²) in [5.74, 6) is 2.45. The van der Waals surface area contributed by atoms with Gasteiger partial charge in [-0.05, 0) is 50.8 Å². The zero-order chi connectivity index (χ0) is 19.4. The quantitative estimate of drug-likeness (QED) is 0.673. The molecular formula is C22H31N3O2. The maximum Gasteiger partial charge on any atom is 0.243 e. The molecule has 0 amide bonds. The van der Waals surface area contributed by atoms with Gasteiger partial charge in [0.1, 0.15) is 0 Å². The van der Waals surface area contributed by atoms with E-state index in [9.17, 15) is 4.79 Å². The summed E-state index contributed by atoms with van der Waals surface area (Å²) in [5, 5.41) is 3.99. The third-order valence-corrected chi connectivity index (χ3v) is 5.49. The molecule has 1 aromatic carbocycles. The summed E-state index contributed by atoms with van der Waals surface area (Å²) in [4.78, 5) is 19.6. The van der Waals surface area contributed by atoms with Gasteiger partial charge in [-0.25, -0.2) is 0 Å². The fourth-order valence-electron chi connectivity index (χ4n) is 3.80. The molecule has 0 aliphatic carbocycles. The first-order valence-electron chi connectivity index (χ1n) is 10.2. The number of benzene rings is 1. The standard InChI is InChI=1S/C22H31N3O2/c1-5-20-23-22(27-24-20)16(4)25-12-10-19(11-13-25)21(26)18-8-6-17(7-9-18)14-15(2)3/h6-9,15-16,19H,5,10-14H2,1-4H3. The first-order chi connectivity index (χ1) is 13.0. The molecule has 3 rings (SSSR count). The minimum atomic E-state index is 0.101. The van der Waals surface area contributed by atoms with Crippen molar-refractivity contribution < 1.29 is 9.32 Å². The van der Waals surface area contributed by atoms with Gasteiger partial charge in [0, 0.05) is 17.9 Å². The van der Waals surface area contributed by atoms with Crippen molar-refractivity contribution in [1.82, 2.24) is 15.0 Å². The number of likely N-dealkylation sites (tertiary alicyclic amines) is 1. The van der Waals surface area contributed by atoms with Crippen LogP contribution in [0.25, 0.3) is 0 Å². The lowest BCUT2D eigenvalue weighted by Crippen LogP contribution is -2.38. The van der Waals surface area contributed by atoms with Crippen molar-refractivity contribution in [3.63, 3.8) is 0 Å². The molecule has 1 aliphatic rings. The summed E-state index contributed by atoms with van der Waals surface area (Å²) >= 11 is 0. The second-order valence-corrected chi connectivity index (χ2v) is 8.05. The van der Waals surface area contributed by atoms with Crippen LogP contribution in [0.5, 0.6) is 0 Å². The van der Waals surface area contributed by atoms with Gasteiger partial charge < -0.3 is 4.52 Å². The molecule has 0 N–H and O–H groups in total. The number of aryl methyl sites for hydroxylation is 1. The highest BCUT2D eigenvalue weighted by Gasteiger charge is 2.30. The van der Waals surface area contributed by atoms with Gasteiger partial charge in [0.15, 0.2) is 11.6 Å². The number of carbonyl (C=O) groups excluding carboxylic acids is 1. The molecular weight excluding hydrogens is 338 g/mol. The number of hydrogen-bond acceptors (Lipinski definition) is 5. The van der Waals surface area contributed by atoms with Crippen molar-refractivity contribution in [3.8, 4) is 0 Å². The Balaban J connectivity index is 1.55. The number of nitrogens with zero attached hydrogens (tertiary/aromatic N) is 3. The van der Waals surface area contributed by atoms with E-state index in [2.05, 4.69) is 47.9 Å². The van der Waals surface area contributed by atoms with Crippen LogP contribution >= 0.6 is 0 Å². The summed E-state index contributed by atoms with van der Waals surface area (Å²) in [6.07, 6.45) is 3.60. The van der Waals surface area contributed by atoms with Gasteiger partial charge in [-0.2, -0.15) is 4.98 Å². The monoisotopic (exact) mass is 369 g/mol. The second-order valence-electron chi connectivity index (χ2n) is 8.05. The zero-order valence-corrected chi connectivity index (χ0v) is 16.9. The van der Waals surface area contributed by atoms with Crippen molar-refractivity contribution in [2.75, 3.05) is 13.1 Å². The third-order valence-electron chi connectivity index (χ3n) is 5.49. The highest BCUT2D eigenvalue weighted by molar-refractivity contribution is 5.97. The van der Waals surface area contributed by atoms with Crippen molar-refractivity contribution in [2.45, 2.75) is 59.4 Å². The molecule has 5 nitrogen and oxygen atoms in total. The predicted octanol–water partition coefficient (Wildman–Crippen LogP) is 4.49. The molecule has 1 atom stereocenters. The zero-order valence-electron chi connectivity index (χ0n) is 16.9. The van der Waals surface area contributed by atoms with Crippen LogP contribution in [0.15, 0.2) is 28.8 Å². The Hall–Kier alpha value is -2.01. The van der Waals surface area contributed by atoms with Gasteiger partial charge in [-0.3, -0.25) is 9.69 Å². The molecule has 146 valence electrons. The summed E-state index contributed by atoms with van der Waals surface area (Å²) in [7, 11) is 0. The number of hydrogen-bond donors (Lipinski definition) is 0. The molecule has 0 saturated carbocycles. The van der Waals surface area contributed by atoms with Crippen LogP contribution in [0, 0.1) is 11.8 Å². The molecule has 0 radical (unpaired) electrons. The Morgan fingerprint density at radius 1 is 1.19 bits per heavy atom. The largest absolute Gasteiger partial charge is 0.338 e. The van der Waals surface area contributed by atoms with Crippen molar-refractivity contribution >= 4 is 5.78 Å². The summed E-state index contributed by atoms with van der Waals surface area (Å²) in [5.41, 5.74) is 2.15. The van der Waals surface area contributed by atoms with E-state index in [0.29, 0.717) is 11.8 Å². The molecule has 0 spiro atoms. The van der Waals surface area contributed by atoms with E-state index in [1.807, 2.05) is 19.1 Å². The molecule has 2 aromatic rings.